The lowest BCUT2D eigenvalue weighted by Crippen LogP contribution is -2.39. The molecule has 4 aromatic rings. The maximum atomic E-state index is 13.1. The predicted molar refractivity (Wildman–Crippen MR) is 135 cm³/mol. The van der Waals surface area contributed by atoms with E-state index in [1.807, 2.05) is 57.2 Å². The van der Waals surface area contributed by atoms with Gasteiger partial charge in [0.25, 0.3) is 0 Å². The molecule has 0 unspecified atom stereocenters. The van der Waals surface area contributed by atoms with Gasteiger partial charge in [-0.25, -0.2) is 24.7 Å². The zero-order valence-corrected chi connectivity index (χ0v) is 20.4. The lowest BCUT2D eigenvalue weighted by atomic mass is 10.1. The van der Waals surface area contributed by atoms with Crippen molar-refractivity contribution in [2.45, 2.75) is 46.1 Å². The summed E-state index contributed by atoms with van der Waals surface area (Å²) in [6.45, 7) is 7.95. The first kappa shape index (κ1) is 24.1. The van der Waals surface area contributed by atoms with Crippen molar-refractivity contribution in [2.24, 2.45) is 0 Å². The third kappa shape index (κ3) is 6.29. The number of aromatic nitrogens is 4. The molecular weight excluding hydrogens is 442 g/mol. The van der Waals surface area contributed by atoms with Crippen molar-refractivity contribution in [3.8, 4) is 11.5 Å². The van der Waals surface area contributed by atoms with Crippen LogP contribution in [0.25, 0.3) is 11.2 Å². The second kappa shape index (κ2) is 10.5. The minimum Gasteiger partial charge on any atom is -0.457 e. The zero-order chi connectivity index (χ0) is 24.8. The Kier molecular flexibility index (Phi) is 7.19. The van der Waals surface area contributed by atoms with Gasteiger partial charge in [-0.15, -0.1) is 0 Å². The summed E-state index contributed by atoms with van der Waals surface area (Å²) in [5.41, 5.74) is 2.51. The van der Waals surface area contributed by atoms with Gasteiger partial charge in [-0.1, -0.05) is 31.2 Å². The molecule has 1 amide bonds. The number of carbonyl (C=O) groups is 1. The van der Waals surface area contributed by atoms with E-state index in [1.165, 1.54) is 16.8 Å². The Morgan fingerprint density at radius 3 is 2.11 bits per heavy atom. The Morgan fingerprint density at radius 1 is 0.857 bits per heavy atom. The highest BCUT2D eigenvalue weighted by molar-refractivity contribution is 5.95. The summed E-state index contributed by atoms with van der Waals surface area (Å²) in [5.74, 6) is 1.91. The summed E-state index contributed by atoms with van der Waals surface area (Å²) < 4.78 is 11.6. The Morgan fingerprint density at radius 2 is 1.49 bits per heavy atom. The lowest BCUT2D eigenvalue weighted by Gasteiger charge is -2.27. The van der Waals surface area contributed by atoms with Gasteiger partial charge in [-0.3, -0.25) is 4.90 Å². The SMILES string of the molecule is CCc1ccc(Oc2ccc(CCN(C(=O)OC(C)(C)C)c3ncnc4nccnc34)cc2)cc1. The lowest BCUT2D eigenvalue weighted by molar-refractivity contribution is 0.0580. The van der Waals surface area contributed by atoms with Crippen LogP contribution in [0.2, 0.25) is 0 Å². The molecule has 0 radical (unpaired) electrons. The number of fused-ring (bicyclic) bond motifs is 1. The topological polar surface area (TPSA) is 90.3 Å². The van der Waals surface area contributed by atoms with Crippen molar-refractivity contribution in [3.63, 3.8) is 0 Å². The molecule has 0 spiro atoms. The van der Waals surface area contributed by atoms with E-state index < -0.39 is 11.7 Å². The smallest absolute Gasteiger partial charge is 0.416 e. The number of benzene rings is 2. The molecule has 8 heteroatoms. The standard InChI is InChI=1S/C27H29N5O3/c1-5-19-6-10-21(11-7-19)34-22-12-8-20(9-13-22)14-17-32(26(33)35-27(2,3)4)25-23-24(30-18-31-25)29-16-15-28-23/h6-13,15-16,18H,5,14,17H2,1-4H3. The number of nitrogens with zero attached hydrogens (tertiary/aromatic N) is 5. The van der Waals surface area contributed by atoms with Gasteiger partial charge in [0.15, 0.2) is 17.0 Å². The van der Waals surface area contributed by atoms with Gasteiger partial charge in [0.05, 0.1) is 0 Å². The maximum Gasteiger partial charge on any atom is 0.416 e. The molecule has 4 rings (SSSR count). The van der Waals surface area contributed by atoms with Gasteiger partial charge in [-0.05, 0) is 69.0 Å². The summed E-state index contributed by atoms with van der Waals surface area (Å²) in [7, 11) is 0. The predicted octanol–water partition coefficient (Wildman–Crippen LogP) is 5.76. The molecule has 180 valence electrons. The van der Waals surface area contributed by atoms with E-state index in [1.54, 1.807) is 12.4 Å². The molecule has 0 saturated carbocycles. The Labute approximate surface area is 205 Å². The molecule has 2 aromatic heterocycles. The number of amides is 1. The van der Waals surface area contributed by atoms with Crippen LogP contribution in [0, 0.1) is 0 Å². The number of ether oxygens (including phenoxy) is 2. The molecule has 0 saturated heterocycles. The van der Waals surface area contributed by atoms with Crippen molar-refractivity contribution in [3.05, 3.63) is 78.4 Å². The number of rotatable bonds is 7. The van der Waals surface area contributed by atoms with Crippen molar-refractivity contribution in [1.29, 1.82) is 0 Å². The Hall–Kier alpha value is -4.07. The number of hydrogen-bond donors (Lipinski definition) is 0. The van der Waals surface area contributed by atoms with E-state index >= 15 is 0 Å². The van der Waals surface area contributed by atoms with Crippen LogP contribution >= 0.6 is 0 Å². The third-order valence-corrected chi connectivity index (χ3v) is 5.24. The molecule has 2 aromatic carbocycles. The quantitative estimate of drug-likeness (QED) is 0.338. The molecule has 8 nitrogen and oxygen atoms in total. The van der Waals surface area contributed by atoms with Crippen molar-refractivity contribution < 1.29 is 14.3 Å². The normalized spacial score (nSPS) is 11.3. The highest BCUT2D eigenvalue weighted by Gasteiger charge is 2.26. The van der Waals surface area contributed by atoms with Gasteiger partial charge >= 0.3 is 6.09 Å². The Balaban J connectivity index is 1.50. The average Bonchev–Trinajstić information content (AvgIpc) is 2.84. The van der Waals surface area contributed by atoms with Crippen molar-refractivity contribution in [1.82, 2.24) is 19.9 Å². The number of carbonyl (C=O) groups excluding carboxylic acids is 1. The Bertz CT molecular complexity index is 1280. The first-order valence-corrected chi connectivity index (χ1v) is 11.6. The van der Waals surface area contributed by atoms with Gasteiger partial charge < -0.3 is 9.47 Å². The van der Waals surface area contributed by atoms with Crippen LogP contribution in [0.3, 0.4) is 0 Å². The van der Waals surface area contributed by atoms with E-state index in [4.69, 9.17) is 9.47 Å². The molecule has 0 aliphatic heterocycles. The number of anilines is 1. The molecule has 2 heterocycles. The largest absolute Gasteiger partial charge is 0.457 e. The second-order valence-corrected chi connectivity index (χ2v) is 9.05. The van der Waals surface area contributed by atoms with Crippen molar-refractivity contribution >= 4 is 23.1 Å². The van der Waals surface area contributed by atoms with Crippen LogP contribution in [0.15, 0.2) is 67.3 Å². The minimum absolute atomic E-state index is 0.344. The monoisotopic (exact) mass is 471 g/mol. The first-order chi connectivity index (χ1) is 16.8. The van der Waals surface area contributed by atoms with Crippen LogP contribution in [0.1, 0.15) is 38.8 Å². The third-order valence-electron chi connectivity index (χ3n) is 5.24. The van der Waals surface area contributed by atoms with Gasteiger partial charge in [0, 0.05) is 18.9 Å². The van der Waals surface area contributed by atoms with Crippen LogP contribution in [0.5, 0.6) is 11.5 Å². The molecule has 0 fully saturated rings. The van der Waals surface area contributed by atoms with Crippen LogP contribution in [-0.4, -0.2) is 38.2 Å². The summed E-state index contributed by atoms with van der Waals surface area (Å²) in [5, 5.41) is 0. The number of aryl methyl sites for hydroxylation is 1. The van der Waals surface area contributed by atoms with Crippen LogP contribution in [0.4, 0.5) is 10.6 Å². The average molecular weight is 472 g/mol. The molecule has 0 bridgehead atoms. The summed E-state index contributed by atoms with van der Waals surface area (Å²) in [4.78, 5) is 31.6. The molecule has 0 N–H and O–H groups in total. The van der Waals surface area contributed by atoms with E-state index in [9.17, 15) is 4.79 Å². The summed E-state index contributed by atoms with van der Waals surface area (Å²) >= 11 is 0. The van der Waals surface area contributed by atoms with E-state index in [0.717, 1.165) is 23.5 Å². The molecule has 0 aliphatic rings. The van der Waals surface area contributed by atoms with Gasteiger partial charge in [-0.2, -0.15) is 0 Å². The highest BCUT2D eigenvalue weighted by atomic mass is 16.6. The fourth-order valence-corrected chi connectivity index (χ4v) is 3.47. The second-order valence-electron chi connectivity index (χ2n) is 9.05. The molecule has 0 aliphatic carbocycles. The van der Waals surface area contributed by atoms with Crippen LogP contribution < -0.4 is 9.64 Å². The van der Waals surface area contributed by atoms with E-state index in [-0.39, 0.29) is 0 Å². The first-order valence-electron chi connectivity index (χ1n) is 11.6. The zero-order valence-electron chi connectivity index (χ0n) is 20.4. The fourth-order valence-electron chi connectivity index (χ4n) is 3.47. The van der Waals surface area contributed by atoms with Crippen molar-refractivity contribution in [2.75, 3.05) is 11.4 Å². The highest BCUT2D eigenvalue weighted by Crippen LogP contribution is 2.24. The van der Waals surface area contributed by atoms with E-state index in [0.29, 0.717) is 29.9 Å². The minimum atomic E-state index is -0.655. The van der Waals surface area contributed by atoms with Gasteiger partial charge in [0.2, 0.25) is 0 Å². The summed E-state index contributed by atoms with van der Waals surface area (Å²) in [6, 6.07) is 15.9. The van der Waals surface area contributed by atoms with Gasteiger partial charge in [0.1, 0.15) is 23.4 Å². The van der Waals surface area contributed by atoms with E-state index in [2.05, 4.69) is 39.0 Å². The molecular formula is C27H29N5O3. The maximum absolute atomic E-state index is 13.1. The molecule has 35 heavy (non-hydrogen) atoms. The molecule has 0 atom stereocenters. The summed E-state index contributed by atoms with van der Waals surface area (Å²) in [6.07, 6.45) is 5.56. The fraction of sp³-hybridized carbons (Fsp3) is 0.296. The number of hydrogen-bond acceptors (Lipinski definition) is 7. The van der Waals surface area contributed by atoms with Crippen LogP contribution in [-0.2, 0) is 17.6 Å².